The molecule has 0 saturated heterocycles. The molecule has 2 N–H and O–H groups in total. The van der Waals surface area contributed by atoms with Crippen LogP contribution in [-0.2, 0) is 0 Å². The highest BCUT2D eigenvalue weighted by Crippen LogP contribution is 2.36. The molecule has 1 atom stereocenters. The molecule has 0 unspecified atom stereocenters. The van der Waals surface area contributed by atoms with Crippen molar-refractivity contribution in [2.75, 3.05) is 0 Å². The van der Waals surface area contributed by atoms with Gasteiger partial charge in [0.1, 0.15) is 0 Å². The predicted octanol–water partition coefficient (Wildman–Crippen LogP) is 3.36. The Bertz CT molecular complexity index is 298. The molecule has 1 fully saturated rings. The molecule has 1 heteroatoms. The Hall–Kier alpha value is -0.820. The van der Waals surface area contributed by atoms with Gasteiger partial charge in [0.05, 0.1) is 0 Å². The molecule has 0 amide bonds. The third kappa shape index (κ3) is 1.83. The largest absolute Gasteiger partial charge is 0.324 e. The van der Waals surface area contributed by atoms with Crippen LogP contribution in [0.5, 0.6) is 0 Å². The topological polar surface area (TPSA) is 26.0 Å². The minimum absolute atomic E-state index is 0.173. The van der Waals surface area contributed by atoms with Gasteiger partial charge in [-0.25, -0.2) is 0 Å². The summed E-state index contributed by atoms with van der Waals surface area (Å²) in [5, 5.41) is 0. The highest BCUT2D eigenvalue weighted by atomic mass is 14.6. The average Bonchev–Trinajstić information content (AvgIpc) is 2.70. The van der Waals surface area contributed by atoms with Crippen molar-refractivity contribution in [2.45, 2.75) is 44.6 Å². The van der Waals surface area contributed by atoms with Crippen LogP contribution in [0.1, 0.15) is 55.7 Å². The summed E-state index contributed by atoms with van der Waals surface area (Å²) in [5.74, 6) is 0.775. The molecular weight excluding hydrogens is 170 g/mol. The zero-order chi connectivity index (χ0) is 9.97. The summed E-state index contributed by atoms with van der Waals surface area (Å²) in [5.41, 5.74) is 8.83. The van der Waals surface area contributed by atoms with Crippen molar-refractivity contribution in [2.24, 2.45) is 5.73 Å². The van der Waals surface area contributed by atoms with E-state index in [2.05, 4.69) is 31.2 Å². The molecule has 1 aliphatic carbocycles. The van der Waals surface area contributed by atoms with Crippen LogP contribution in [0.3, 0.4) is 0 Å². The molecule has 1 aromatic carbocycles. The van der Waals surface area contributed by atoms with Crippen LogP contribution >= 0.6 is 0 Å². The van der Waals surface area contributed by atoms with Gasteiger partial charge in [0.15, 0.2) is 0 Å². The maximum Gasteiger partial charge on any atom is 0.0268 e. The molecule has 0 spiro atoms. The van der Waals surface area contributed by atoms with E-state index in [9.17, 15) is 0 Å². The Morgan fingerprint density at radius 3 is 2.50 bits per heavy atom. The zero-order valence-electron chi connectivity index (χ0n) is 8.87. The molecule has 1 saturated carbocycles. The number of rotatable bonds is 2. The molecular formula is C13H19N. The van der Waals surface area contributed by atoms with Gasteiger partial charge in [0.2, 0.25) is 0 Å². The summed E-state index contributed by atoms with van der Waals surface area (Å²) in [7, 11) is 0. The van der Waals surface area contributed by atoms with E-state index in [1.165, 1.54) is 36.8 Å². The maximum atomic E-state index is 5.98. The quantitative estimate of drug-likeness (QED) is 0.758. The van der Waals surface area contributed by atoms with Gasteiger partial charge in [-0.2, -0.15) is 0 Å². The number of hydrogen-bond donors (Lipinski definition) is 1. The third-order valence-corrected chi connectivity index (χ3v) is 3.28. The van der Waals surface area contributed by atoms with Crippen molar-refractivity contribution in [1.82, 2.24) is 0 Å². The maximum absolute atomic E-state index is 5.98. The second-order valence-corrected chi connectivity index (χ2v) is 4.40. The van der Waals surface area contributed by atoms with Crippen LogP contribution in [0.4, 0.5) is 0 Å². The highest BCUT2D eigenvalue weighted by molar-refractivity contribution is 5.33. The van der Waals surface area contributed by atoms with Crippen molar-refractivity contribution in [3.63, 3.8) is 0 Å². The van der Waals surface area contributed by atoms with E-state index in [0.29, 0.717) is 0 Å². The number of hydrogen-bond acceptors (Lipinski definition) is 1. The molecule has 1 nitrogen and oxygen atoms in total. The second kappa shape index (κ2) is 4.14. The fraction of sp³-hybridized carbons (Fsp3) is 0.538. The van der Waals surface area contributed by atoms with E-state index >= 15 is 0 Å². The monoisotopic (exact) mass is 189 g/mol. The van der Waals surface area contributed by atoms with Gasteiger partial charge in [0.25, 0.3) is 0 Å². The Morgan fingerprint density at radius 1 is 1.21 bits per heavy atom. The normalized spacial score (nSPS) is 19.9. The van der Waals surface area contributed by atoms with Gasteiger partial charge >= 0.3 is 0 Å². The summed E-state index contributed by atoms with van der Waals surface area (Å²) in [6.45, 7) is 2.08. The summed E-state index contributed by atoms with van der Waals surface area (Å²) in [4.78, 5) is 0. The minimum Gasteiger partial charge on any atom is -0.324 e. The molecule has 0 radical (unpaired) electrons. The Labute approximate surface area is 86.3 Å². The first-order chi connectivity index (χ1) is 6.79. The molecule has 0 aliphatic heterocycles. The van der Waals surface area contributed by atoms with Crippen LogP contribution in [0, 0.1) is 0 Å². The van der Waals surface area contributed by atoms with Gasteiger partial charge in [-0.1, -0.05) is 37.1 Å². The fourth-order valence-electron chi connectivity index (χ4n) is 2.53. The number of nitrogens with two attached hydrogens (primary N) is 1. The van der Waals surface area contributed by atoms with Crippen molar-refractivity contribution in [3.05, 3.63) is 35.4 Å². The first-order valence-electron chi connectivity index (χ1n) is 5.63. The van der Waals surface area contributed by atoms with Crippen LogP contribution in [-0.4, -0.2) is 0 Å². The van der Waals surface area contributed by atoms with Gasteiger partial charge < -0.3 is 5.73 Å². The zero-order valence-corrected chi connectivity index (χ0v) is 8.87. The first-order valence-corrected chi connectivity index (χ1v) is 5.63. The van der Waals surface area contributed by atoms with Crippen molar-refractivity contribution >= 4 is 0 Å². The van der Waals surface area contributed by atoms with E-state index in [1.807, 2.05) is 0 Å². The van der Waals surface area contributed by atoms with E-state index in [-0.39, 0.29) is 6.04 Å². The lowest BCUT2D eigenvalue weighted by Crippen LogP contribution is -2.09. The van der Waals surface area contributed by atoms with E-state index in [1.54, 1.807) is 0 Å². The Morgan fingerprint density at radius 2 is 1.86 bits per heavy atom. The summed E-state index contributed by atoms with van der Waals surface area (Å²) in [6.07, 6.45) is 5.48. The molecule has 0 heterocycles. The molecule has 1 aromatic rings. The molecule has 0 bridgehead atoms. The third-order valence-electron chi connectivity index (χ3n) is 3.28. The lowest BCUT2D eigenvalue weighted by atomic mass is 9.90. The van der Waals surface area contributed by atoms with Crippen molar-refractivity contribution in [1.29, 1.82) is 0 Å². The van der Waals surface area contributed by atoms with E-state index in [4.69, 9.17) is 5.73 Å². The van der Waals surface area contributed by atoms with Gasteiger partial charge in [-0.15, -0.1) is 0 Å². The van der Waals surface area contributed by atoms with Crippen molar-refractivity contribution < 1.29 is 0 Å². The van der Waals surface area contributed by atoms with Crippen LogP contribution < -0.4 is 5.73 Å². The highest BCUT2D eigenvalue weighted by Gasteiger charge is 2.20. The molecule has 2 rings (SSSR count). The lowest BCUT2D eigenvalue weighted by molar-refractivity contribution is 0.691. The van der Waals surface area contributed by atoms with E-state index in [0.717, 1.165) is 5.92 Å². The fourth-order valence-corrected chi connectivity index (χ4v) is 2.53. The minimum atomic E-state index is 0.173. The van der Waals surface area contributed by atoms with Gasteiger partial charge in [-0.05, 0) is 36.8 Å². The smallest absolute Gasteiger partial charge is 0.0268 e. The lowest BCUT2D eigenvalue weighted by Gasteiger charge is -2.17. The molecule has 76 valence electrons. The summed E-state index contributed by atoms with van der Waals surface area (Å²) in [6, 6.07) is 8.84. The molecule has 1 aliphatic rings. The standard InChI is InChI=1S/C13H19N/c1-10(14)12-8-4-5-9-13(12)11-6-2-3-7-11/h4-5,8-11H,2-3,6-7,14H2,1H3/t10-/m0/s1. The number of benzene rings is 1. The predicted molar refractivity (Wildman–Crippen MR) is 60.3 cm³/mol. The van der Waals surface area contributed by atoms with Gasteiger partial charge in [-0.3, -0.25) is 0 Å². The Kier molecular flexibility index (Phi) is 2.87. The average molecular weight is 189 g/mol. The SMILES string of the molecule is C[C@H](N)c1ccccc1C1CCCC1. The van der Waals surface area contributed by atoms with Crippen LogP contribution in [0.15, 0.2) is 24.3 Å². The van der Waals surface area contributed by atoms with E-state index < -0.39 is 0 Å². The van der Waals surface area contributed by atoms with Crippen molar-refractivity contribution in [3.8, 4) is 0 Å². The summed E-state index contributed by atoms with van der Waals surface area (Å²) < 4.78 is 0. The molecule has 14 heavy (non-hydrogen) atoms. The molecule has 0 aromatic heterocycles. The second-order valence-electron chi connectivity index (χ2n) is 4.40. The summed E-state index contributed by atoms with van der Waals surface area (Å²) >= 11 is 0. The van der Waals surface area contributed by atoms with Gasteiger partial charge in [0, 0.05) is 6.04 Å². The van der Waals surface area contributed by atoms with Crippen LogP contribution in [0.25, 0.3) is 0 Å². The Balaban J connectivity index is 2.30. The van der Waals surface area contributed by atoms with Crippen LogP contribution in [0.2, 0.25) is 0 Å². The first kappa shape index (κ1) is 9.72.